The average Bonchev–Trinajstić information content (AvgIpc) is 2.87. The van der Waals surface area contributed by atoms with Gasteiger partial charge < -0.3 is 15.2 Å². The summed E-state index contributed by atoms with van der Waals surface area (Å²) in [6, 6.07) is 25.0. The summed E-state index contributed by atoms with van der Waals surface area (Å²) >= 11 is 0. The van der Waals surface area contributed by atoms with E-state index in [0.717, 1.165) is 39.9 Å². The molecular weight excluding hydrogens is 467 g/mol. The Kier molecular flexibility index (Phi) is 6.55. The van der Waals surface area contributed by atoms with Crippen molar-refractivity contribution in [2.45, 2.75) is 24.5 Å². The molecule has 1 aliphatic rings. The number of rotatable bonds is 5. The zero-order valence-electron chi connectivity index (χ0n) is 20.7. The lowest BCUT2D eigenvalue weighted by Gasteiger charge is -2.31. The van der Waals surface area contributed by atoms with Crippen LogP contribution in [0.15, 0.2) is 78.9 Å². The van der Waals surface area contributed by atoms with Gasteiger partial charge in [0.15, 0.2) is 5.78 Å². The first-order chi connectivity index (χ1) is 17.2. The van der Waals surface area contributed by atoms with Crippen LogP contribution in [0.3, 0.4) is 0 Å². The van der Waals surface area contributed by atoms with Crippen LogP contribution < -0.4 is 5.73 Å². The highest BCUT2D eigenvalue weighted by atomic mass is 31.2. The van der Waals surface area contributed by atoms with Gasteiger partial charge in [0.2, 0.25) is 0 Å². The van der Waals surface area contributed by atoms with Crippen molar-refractivity contribution < 1.29 is 14.2 Å². The number of piperidine rings is 1. The fourth-order valence-electron chi connectivity index (χ4n) is 5.29. The van der Waals surface area contributed by atoms with Crippen molar-refractivity contribution in [1.82, 2.24) is 4.90 Å². The first-order valence-corrected chi connectivity index (χ1v) is 15.1. The van der Waals surface area contributed by atoms with Crippen molar-refractivity contribution in [1.29, 1.82) is 0 Å². The maximum atomic E-state index is 14.4. The van der Waals surface area contributed by atoms with E-state index in [9.17, 15) is 14.2 Å². The summed E-state index contributed by atoms with van der Waals surface area (Å²) < 4.78 is 13.7. The second-order valence-corrected chi connectivity index (χ2v) is 13.5. The molecule has 4 aromatic rings. The fourth-order valence-corrected chi connectivity index (χ4v) is 6.89. The molecule has 2 N–H and O–H groups in total. The predicted octanol–water partition coefficient (Wildman–Crippen LogP) is 6.10. The topological polar surface area (TPSA) is 80.5 Å². The summed E-state index contributed by atoms with van der Waals surface area (Å²) in [6.07, 6.45) is 1.47. The van der Waals surface area contributed by atoms with E-state index in [1.807, 2.05) is 72.8 Å². The number of likely N-dealkylation sites (tertiary alicyclic amines) is 1. The third-order valence-electron chi connectivity index (χ3n) is 7.20. The first kappa shape index (κ1) is 24.4. The zero-order chi connectivity index (χ0) is 25.4. The number of fused-ring (bicyclic) bond motifs is 2. The SMILES string of the molecule is CP(C)(=O)C(C(=O)c1cc2ccccc2cc1C(=O)N1CCC(N)CC1)c1cccc2ccccc12. The molecule has 1 atom stereocenters. The molecule has 36 heavy (non-hydrogen) atoms. The van der Waals surface area contributed by atoms with Crippen molar-refractivity contribution in [3.8, 4) is 0 Å². The highest BCUT2D eigenvalue weighted by Gasteiger charge is 2.36. The van der Waals surface area contributed by atoms with Crippen LogP contribution in [0.2, 0.25) is 0 Å². The minimum atomic E-state index is -2.97. The van der Waals surface area contributed by atoms with E-state index in [0.29, 0.717) is 24.2 Å². The Morgan fingerprint density at radius 3 is 2.03 bits per heavy atom. The highest BCUT2D eigenvalue weighted by Crippen LogP contribution is 2.55. The molecule has 0 radical (unpaired) electrons. The van der Waals surface area contributed by atoms with Crippen LogP contribution in [0.4, 0.5) is 0 Å². The number of hydrogen-bond donors (Lipinski definition) is 1. The Bertz CT molecular complexity index is 1510. The van der Waals surface area contributed by atoms with Gasteiger partial charge in [-0.2, -0.15) is 0 Å². The molecule has 4 aromatic carbocycles. The molecule has 1 heterocycles. The largest absolute Gasteiger partial charge is 0.339 e. The molecule has 0 spiro atoms. The third kappa shape index (κ3) is 4.61. The van der Waals surface area contributed by atoms with Crippen LogP contribution in [-0.4, -0.2) is 49.1 Å². The van der Waals surface area contributed by atoms with Gasteiger partial charge >= 0.3 is 0 Å². The quantitative estimate of drug-likeness (QED) is 0.266. The molecule has 0 saturated carbocycles. The van der Waals surface area contributed by atoms with Crippen LogP contribution in [0.1, 0.15) is 44.8 Å². The van der Waals surface area contributed by atoms with Crippen molar-refractivity contribution in [2.24, 2.45) is 5.73 Å². The van der Waals surface area contributed by atoms with Crippen LogP contribution in [-0.2, 0) is 4.57 Å². The Labute approximate surface area is 211 Å². The van der Waals surface area contributed by atoms with Crippen LogP contribution >= 0.6 is 7.14 Å². The molecule has 1 fully saturated rings. The summed E-state index contributed by atoms with van der Waals surface area (Å²) in [7, 11) is -2.97. The molecule has 0 bridgehead atoms. The average molecular weight is 499 g/mol. The minimum absolute atomic E-state index is 0.0913. The van der Waals surface area contributed by atoms with Crippen molar-refractivity contribution in [3.05, 3.63) is 95.6 Å². The third-order valence-corrected chi connectivity index (χ3v) is 8.95. The maximum Gasteiger partial charge on any atom is 0.254 e. The van der Waals surface area contributed by atoms with E-state index in [-0.39, 0.29) is 17.7 Å². The molecule has 1 saturated heterocycles. The van der Waals surface area contributed by atoms with E-state index in [4.69, 9.17) is 5.73 Å². The molecule has 1 amide bonds. The van der Waals surface area contributed by atoms with Gasteiger partial charge in [-0.1, -0.05) is 66.7 Å². The Balaban J connectivity index is 1.68. The smallest absolute Gasteiger partial charge is 0.254 e. The van der Waals surface area contributed by atoms with E-state index in [1.54, 1.807) is 24.3 Å². The number of nitrogens with two attached hydrogens (primary N) is 1. The van der Waals surface area contributed by atoms with E-state index >= 15 is 0 Å². The number of ketones is 1. The van der Waals surface area contributed by atoms with Gasteiger partial charge in [0.05, 0.1) is 12.7 Å². The maximum absolute atomic E-state index is 14.4. The summed E-state index contributed by atoms with van der Waals surface area (Å²) in [6.45, 7) is 4.44. The van der Waals surface area contributed by atoms with Crippen molar-refractivity contribution >= 4 is 40.4 Å². The van der Waals surface area contributed by atoms with Gasteiger partial charge in [-0.15, -0.1) is 0 Å². The highest BCUT2D eigenvalue weighted by molar-refractivity contribution is 7.63. The van der Waals surface area contributed by atoms with Crippen LogP contribution in [0.5, 0.6) is 0 Å². The number of benzene rings is 4. The summed E-state index contributed by atoms with van der Waals surface area (Å²) in [5, 5.41) is 3.66. The normalized spacial score (nSPS) is 15.8. The summed E-state index contributed by atoms with van der Waals surface area (Å²) in [4.78, 5) is 29.9. The second kappa shape index (κ2) is 9.65. The first-order valence-electron chi connectivity index (χ1n) is 12.4. The van der Waals surface area contributed by atoms with Gasteiger partial charge in [0.1, 0.15) is 5.66 Å². The predicted molar refractivity (Wildman–Crippen MR) is 148 cm³/mol. The molecule has 5 nitrogen and oxygen atoms in total. The van der Waals surface area contributed by atoms with Gasteiger partial charge in [-0.25, -0.2) is 0 Å². The number of nitrogens with zero attached hydrogens (tertiary/aromatic N) is 1. The zero-order valence-corrected chi connectivity index (χ0v) is 21.6. The summed E-state index contributed by atoms with van der Waals surface area (Å²) in [5.74, 6) is -0.447. The molecule has 5 rings (SSSR count). The Morgan fingerprint density at radius 1 is 0.833 bits per heavy atom. The fraction of sp³-hybridized carbons (Fsp3) is 0.267. The minimum Gasteiger partial charge on any atom is -0.339 e. The molecule has 0 aromatic heterocycles. The van der Waals surface area contributed by atoms with E-state index < -0.39 is 12.8 Å². The van der Waals surface area contributed by atoms with Gasteiger partial charge in [0, 0.05) is 24.7 Å². The number of amides is 1. The molecular formula is C30H31N2O3P. The van der Waals surface area contributed by atoms with Gasteiger partial charge in [0.25, 0.3) is 5.91 Å². The molecule has 1 unspecified atom stereocenters. The molecule has 0 aliphatic carbocycles. The second-order valence-electron chi connectivity index (χ2n) is 10.1. The Hall–Kier alpha value is -3.27. The van der Waals surface area contributed by atoms with Gasteiger partial charge in [-0.3, -0.25) is 9.59 Å². The number of hydrogen-bond acceptors (Lipinski definition) is 4. The van der Waals surface area contributed by atoms with Crippen molar-refractivity contribution in [3.63, 3.8) is 0 Å². The Morgan fingerprint density at radius 2 is 1.39 bits per heavy atom. The lowest BCUT2D eigenvalue weighted by molar-refractivity contribution is 0.0710. The van der Waals surface area contributed by atoms with Crippen LogP contribution in [0.25, 0.3) is 21.5 Å². The van der Waals surface area contributed by atoms with E-state index in [2.05, 4.69) is 0 Å². The van der Waals surface area contributed by atoms with Gasteiger partial charge in [-0.05, 0) is 65.4 Å². The molecule has 184 valence electrons. The van der Waals surface area contributed by atoms with Crippen molar-refractivity contribution in [2.75, 3.05) is 26.4 Å². The molecule has 6 heteroatoms. The lowest BCUT2D eigenvalue weighted by atomic mass is 9.92. The monoisotopic (exact) mass is 498 g/mol. The number of carbonyl (C=O) groups is 2. The standard InChI is InChI=1S/C30H31N2O3P/c1-36(2,35)29(25-13-7-11-20-8-5-6-12-24(20)25)28(33)26-18-21-9-3-4-10-22(21)19-27(26)30(34)32-16-14-23(31)15-17-32/h3-13,18-19,23,29H,14-17,31H2,1-2H3. The number of carbonyl (C=O) groups excluding carboxylic acids is 2. The number of Topliss-reactive ketones (excluding diaryl/α,β-unsaturated/α-hetero) is 1. The summed E-state index contributed by atoms with van der Waals surface area (Å²) in [5.41, 5.74) is 6.64. The lowest BCUT2D eigenvalue weighted by Crippen LogP contribution is -2.43. The molecule has 1 aliphatic heterocycles. The van der Waals surface area contributed by atoms with Crippen LogP contribution in [0, 0.1) is 0 Å². The van der Waals surface area contributed by atoms with E-state index in [1.165, 1.54) is 0 Å².